The Hall–Kier alpha value is -1.05. The van der Waals surface area contributed by atoms with Gasteiger partial charge in [0, 0.05) is 6.42 Å². The van der Waals surface area contributed by atoms with Gasteiger partial charge in [0.2, 0.25) is 0 Å². The van der Waals surface area contributed by atoms with E-state index in [0.29, 0.717) is 13.0 Å². The van der Waals surface area contributed by atoms with Gasteiger partial charge in [-0.15, -0.1) is 0 Å². The average Bonchev–Trinajstić information content (AvgIpc) is 2.23. The third-order valence-electron chi connectivity index (χ3n) is 2.21. The van der Waals surface area contributed by atoms with Crippen molar-refractivity contribution < 1.29 is 9.53 Å². The van der Waals surface area contributed by atoms with Crippen LogP contribution in [0.5, 0.6) is 0 Å². The van der Waals surface area contributed by atoms with Crippen LogP contribution in [0.15, 0.2) is 23.3 Å². The minimum absolute atomic E-state index is 0.120. The van der Waals surface area contributed by atoms with Crippen LogP contribution in [-0.4, -0.2) is 12.6 Å². The van der Waals surface area contributed by atoms with Crippen molar-refractivity contribution in [3.63, 3.8) is 0 Å². The zero-order chi connectivity index (χ0) is 11.7. The quantitative estimate of drug-likeness (QED) is 0.380. The molecule has 0 radical (unpaired) electrons. The third kappa shape index (κ3) is 7.98. The van der Waals surface area contributed by atoms with Crippen LogP contribution in [0.25, 0.3) is 0 Å². The summed E-state index contributed by atoms with van der Waals surface area (Å²) in [5.41, 5.74) is 2.70. The van der Waals surface area contributed by atoms with E-state index >= 15 is 0 Å². The van der Waals surface area contributed by atoms with Crippen LogP contribution in [0.3, 0.4) is 0 Å². The van der Waals surface area contributed by atoms with Gasteiger partial charge >= 0.3 is 5.97 Å². The summed E-state index contributed by atoms with van der Waals surface area (Å²) in [5, 5.41) is 0. The molecule has 2 heteroatoms. The van der Waals surface area contributed by atoms with Crippen molar-refractivity contribution >= 4 is 5.97 Å². The lowest BCUT2D eigenvalue weighted by Gasteiger charge is -2.03. The highest BCUT2D eigenvalue weighted by Gasteiger charge is 1.96. The first-order valence-corrected chi connectivity index (χ1v) is 5.53. The summed E-state index contributed by atoms with van der Waals surface area (Å²) in [4.78, 5) is 10.8. The first kappa shape index (κ1) is 13.9. The number of rotatable bonds is 6. The van der Waals surface area contributed by atoms with Crippen LogP contribution in [0.1, 0.15) is 47.0 Å². The van der Waals surface area contributed by atoms with Gasteiger partial charge in [-0.05, 0) is 33.6 Å². The van der Waals surface area contributed by atoms with E-state index in [2.05, 4.69) is 26.0 Å². The number of esters is 1. The van der Waals surface area contributed by atoms with E-state index in [4.69, 9.17) is 4.74 Å². The highest BCUT2D eigenvalue weighted by atomic mass is 16.5. The van der Waals surface area contributed by atoms with Gasteiger partial charge in [0.05, 0.1) is 6.61 Å². The SMILES string of the molecule is C/C=C(\C)C/C(C)=C/CCOC(=O)CC. The van der Waals surface area contributed by atoms with Crippen molar-refractivity contribution in [2.45, 2.75) is 47.0 Å². The molecule has 0 aliphatic heterocycles. The van der Waals surface area contributed by atoms with Gasteiger partial charge in [0.25, 0.3) is 0 Å². The second-order valence-electron chi connectivity index (χ2n) is 3.72. The van der Waals surface area contributed by atoms with Crippen LogP contribution in [-0.2, 0) is 9.53 Å². The number of hydrogen-bond donors (Lipinski definition) is 0. The fraction of sp³-hybridized carbons (Fsp3) is 0.615. The molecular weight excluding hydrogens is 188 g/mol. The summed E-state index contributed by atoms with van der Waals surface area (Å²) in [6.45, 7) is 8.58. The molecular formula is C13H22O2. The number of allylic oxidation sites excluding steroid dienone is 3. The first-order chi connectivity index (χ1) is 7.10. The van der Waals surface area contributed by atoms with Gasteiger partial charge < -0.3 is 4.74 Å². The molecule has 0 unspecified atom stereocenters. The molecule has 0 aromatic carbocycles. The van der Waals surface area contributed by atoms with Gasteiger partial charge in [-0.1, -0.05) is 30.2 Å². The van der Waals surface area contributed by atoms with E-state index in [0.717, 1.165) is 12.8 Å². The Labute approximate surface area is 93.0 Å². The molecule has 0 bridgehead atoms. The van der Waals surface area contributed by atoms with Crippen LogP contribution in [0.4, 0.5) is 0 Å². The van der Waals surface area contributed by atoms with E-state index in [1.807, 2.05) is 6.92 Å². The first-order valence-electron chi connectivity index (χ1n) is 5.53. The molecule has 0 fully saturated rings. The fourth-order valence-electron chi connectivity index (χ4n) is 1.19. The Morgan fingerprint density at radius 2 is 1.93 bits per heavy atom. The minimum Gasteiger partial charge on any atom is -0.465 e. The number of hydrogen-bond acceptors (Lipinski definition) is 2. The summed E-state index contributed by atoms with van der Waals surface area (Å²) >= 11 is 0. The van der Waals surface area contributed by atoms with Crippen LogP contribution in [0, 0.1) is 0 Å². The van der Waals surface area contributed by atoms with Crippen molar-refractivity contribution in [3.05, 3.63) is 23.3 Å². The molecule has 0 amide bonds. The standard InChI is InChI=1S/C13H22O2/c1-5-11(3)10-12(4)8-7-9-15-13(14)6-2/h5,8H,6-7,9-10H2,1-4H3/b11-5+,12-8+. The lowest BCUT2D eigenvalue weighted by molar-refractivity contribution is -0.143. The Kier molecular flexibility index (Phi) is 7.69. The highest BCUT2D eigenvalue weighted by Crippen LogP contribution is 2.09. The lowest BCUT2D eigenvalue weighted by atomic mass is 10.1. The van der Waals surface area contributed by atoms with Gasteiger partial charge in [0.15, 0.2) is 0 Å². The van der Waals surface area contributed by atoms with Crippen LogP contribution in [0.2, 0.25) is 0 Å². The monoisotopic (exact) mass is 210 g/mol. The van der Waals surface area contributed by atoms with E-state index < -0.39 is 0 Å². The van der Waals surface area contributed by atoms with Gasteiger partial charge in [-0.3, -0.25) is 4.79 Å². The normalized spacial score (nSPS) is 12.8. The van der Waals surface area contributed by atoms with E-state index in [1.165, 1.54) is 11.1 Å². The van der Waals surface area contributed by atoms with E-state index in [-0.39, 0.29) is 5.97 Å². The Morgan fingerprint density at radius 1 is 1.27 bits per heavy atom. The molecule has 0 saturated carbocycles. The Bertz CT molecular complexity index is 249. The van der Waals surface area contributed by atoms with Gasteiger partial charge in [-0.2, -0.15) is 0 Å². The van der Waals surface area contributed by atoms with Crippen molar-refractivity contribution in [3.8, 4) is 0 Å². The average molecular weight is 210 g/mol. The Morgan fingerprint density at radius 3 is 2.47 bits per heavy atom. The zero-order valence-electron chi connectivity index (χ0n) is 10.3. The Balaban J connectivity index is 3.72. The molecule has 2 nitrogen and oxygen atoms in total. The lowest BCUT2D eigenvalue weighted by Crippen LogP contribution is -2.02. The van der Waals surface area contributed by atoms with Gasteiger partial charge in [0.1, 0.15) is 0 Å². The summed E-state index contributed by atoms with van der Waals surface area (Å²) < 4.78 is 4.97. The van der Waals surface area contributed by atoms with Crippen molar-refractivity contribution in [2.75, 3.05) is 6.61 Å². The predicted molar refractivity (Wildman–Crippen MR) is 63.7 cm³/mol. The van der Waals surface area contributed by atoms with Crippen molar-refractivity contribution in [2.24, 2.45) is 0 Å². The smallest absolute Gasteiger partial charge is 0.305 e. The molecule has 86 valence electrons. The summed E-state index contributed by atoms with van der Waals surface area (Å²) in [6, 6.07) is 0. The molecule has 0 rings (SSSR count). The maximum absolute atomic E-state index is 10.8. The second-order valence-corrected chi connectivity index (χ2v) is 3.72. The number of ether oxygens (including phenoxy) is 1. The summed E-state index contributed by atoms with van der Waals surface area (Å²) in [7, 11) is 0. The third-order valence-corrected chi connectivity index (χ3v) is 2.21. The molecule has 15 heavy (non-hydrogen) atoms. The second kappa shape index (κ2) is 8.27. The summed E-state index contributed by atoms with van der Waals surface area (Å²) in [6.07, 6.45) is 6.54. The van der Waals surface area contributed by atoms with E-state index in [1.54, 1.807) is 6.92 Å². The minimum atomic E-state index is -0.120. The molecule has 0 atom stereocenters. The fourth-order valence-corrected chi connectivity index (χ4v) is 1.19. The maximum atomic E-state index is 10.8. The number of carbonyl (C=O) groups is 1. The topological polar surface area (TPSA) is 26.3 Å². The molecule has 0 saturated heterocycles. The molecule has 0 spiro atoms. The van der Waals surface area contributed by atoms with Crippen LogP contribution < -0.4 is 0 Å². The highest BCUT2D eigenvalue weighted by molar-refractivity contribution is 5.68. The summed E-state index contributed by atoms with van der Waals surface area (Å²) in [5.74, 6) is -0.120. The molecule has 0 aromatic heterocycles. The largest absolute Gasteiger partial charge is 0.465 e. The van der Waals surface area contributed by atoms with E-state index in [9.17, 15) is 4.79 Å². The molecule has 0 N–H and O–H groups in total. The van der Waals surface area contributed by atoms with Crippen molar-refractivity contribution in [1.29, 1.82) is 0 Å². The molecule has 0 aromatic rings. The van der Waals surface area contributed by atoms with Gasteiger partial charge in [-0.25, -0.2) is 0 Å². The molecule has 0 heterocycles. The van der Waals surface area contributed by atoms with Crippen molar-refractivity contribution in [1.82, 2.24) is 0 Å². The maximum Gasteiger partial charge on any atom is 0.305 e. The zero-order valence-corrected chi connectivity index (χ0v) is 10.3. The molecule has 0 aliphatic rings. The molecule has 0 aliphatic carbocycles. The van der Waals surface area contributed by atoms with Crippen LogP contribution >= 0.6 is 0 Å². The number of carbonyl (C=O) groups excluding carboxylic acids is 1. The predicted octanol–water partition coefficient (Wildman–Crippen LogP) is 3.63.